The third kappa shape index (κ3) is 5.49. The minimum absolute atomic E-state index is 0.0817. The van der Waals surface area contributed by atoms with Crippen LogP contribution < -0.4 is 5.32 Å². The van der Waals surface area contributed by atoms with Crippen LogP contribution in [0.15, 0.2) is 0 Å². The summed E-state index contributed by atoms with van der Waals surface area (Å²) in [4.78, 5) is 25.0. The third-order valence-corrected chi connectivity index (χ3v) is 4.25. The number of hydrogen-bond donors (Lipinski definition) is 2. The van der Waals surface area contributed by atoms with Gasteiger partial charge in [-0.2, -0.15) is 0 Å². The largest absolute Gasteiger partial charge is 0.481 e. The van der Waals surface area contributed by atoms with E-state index in [1.165, 1.54) is 0 Å². The van der Waals surface area contributed by atoms with Crippen LogP contribution in [0.2, 0.25) is 0 Å². The molecule has 5 nitrogen and oxygen atoms in total. The van der Waals surface area contributed by atoms with Gasteiger partial charge in [-0.3, -0.25) is 14.5 Å². The van der Waals surface area contributed by atoms with Crippen LogP contribution in [0.5, 0.6) is 0 Å². The van der Waals surface area contributed by atoms with Gasteiger partial charge in [-0.1, -0.05) is 6.92 Å². The highest BCUT2D eigenvalue weighted by atomic mass is 16.4. The van der Waals surface area contributed by atoms with Crippen molar-refractivity contribution in [1.82, 2.24) is 10.2 Å². The Morgan fingerprint density at radius 3 is 2.70 bits per heavy atom. The van der Waals surface area contributed by atoms with Gasteiger partial charge < -0.3 is 10.4 Å². The molecule has 1 saturated heterocycles. The van der Waals surface area contributed by atoms with Crippen LogP contribution in [-0.2, 0) is 9.59 Å². The van der Waals surface area contributed by atoms with Gasteiger partial charge in [0, 0.05) is 19.0 Å². The fourth-order valence-corrected chi connectivity index (χ4v) is 2.64. The summed E-state index contributed by atoms with van der Waals surface area (Å²) >= 11 is 0. The summed E-state index contributed by atoms with van der Waals surface area (Å²) in [7, 11) is 0. The Balaban J connectivity index is 2.44. The Bertz CT molecular complexity index is 333. The smallest absolute Gasteiger partial charge is 0.303 e. The molecule has 0 spiro atoms. The predicted octanol–water partition coefficient (Wildman–Crippen LogP) is 1.87. The lowest BCUT2D eigenvalue weighted by molar-refractivity contribution is -0.137. The van der Waals surface area contributed by atoms with E-state index in [1.807, 2.05) is 13.8 Å². The maximum Gasteiger partial charge on any atom is 0.303 e. The molecule has 3 unspecified atom stereocenters. The maximum absolute atomic E-state index is 12.1. The molecule has 5 heteroatoms. The van der Waals surface area contributed by atoms with Crippen molar-refractivity contribution >= 4 is 11.9 Å². The van der Waals surface area contributed by atoms with Crippen LogP contribution in [-0.4, -0.2) is 47.1 Å². The molecular weight excluding hydrogens is 256 g/mol. The van der Waals surface area contributed by atoms with Gasteiger partial charge in [-0.05, 0) is 52.0 Å². The number of nitrogens with zero attached hydrogens (tertiary/aromatic N) is 1. The second kappa shape index (κ2) is 8.25. The number of carbonyl (C=O) groups excluding carboxylic acids is 1. The number of hydrogen-bond acceptors (Lipinski definition) is 3. The van der Waals surface area contributed by atoms with Crippen molar-refractivity contribution in [2.24, 2.45) is 5.92 Å². The molecule has 0 aliphatic carbocycles. The van der Waals surface area contributed by atoms with Crippen molar-refractivity contribution in [3.63, 3.8) is 0 Å². The standard InChI is InChI=1S/C15H28N2O3/c1-4-11(2)16-15(20)12(3)17-9-5-6-13(10-17)7-8-14(18)19/h11-13H,4-10H2,1-3H3,(H,16,20)(H,18,19). The molecule has 0 aromatic heterocycles. The first-order valence-corrected chi connectivity index (χ1v) is 7.70. The highest BCUT2D eigenvalue weighted by Crippen LogP contribution is 2.22. The van der Waals surface area contributed by atoms with Gasteiger partial charge in [0.2, 0.25) is 5.91 Å². The molecule has 2 N–H and O–H groups in total. The highest BCUT2D eigenvalue weighted by molar-refractivity contribution is 5.81. The van der Waals surface area contributed by atoms with Crippen molar-refractivity contribution in [2.45, 2.75) is 65.0 Å². The Labute approximate surface area is 121 Å². The van der Waals surface area contributed by atoms with Gasteiger partial charge in [0.1, 0.15) is 0 Å². The van der Waals surface area contributed by atoms with E-state index < -0.39 is 5.97 Å². The Morgan fingerprint density at radius 2 is 2.10 bits per heavy atom. The molecule has 1 amide bonds. The number of amides is 1. The lowest BCUT2D eigenvalue weighted by Crippen LogP contribution is -2.50. The van der Waals surface area contributed by atoms with E-state index in [0.29, 0.717) is 12.3 Å². The predicted molar refractivity (Wildman–Crippen MR) is 78.5 cm³/mol. The fraction of sp³-hybridized carbons (Fsp3) is 0.867. The monoisotopic (exact) mass is 284 g/mol. The summed E-state index contributed by atoms with van der Waals surface area (Å²) in [6.45, 7) is 7.77. The SMILES string of the molecule is CCC(C)NC(=O)C(C)N1CCCC(CCC(=O)O)C1. The topological polar surface area (TPSA) is 69.6 Å². The molecule has 0 saturated carbocycles. The van der Waals surface area contributed by atoms with Crippen LogP contribution in [0.25, 0.3) is 0 Å². The normalized spacial score (nSPS) is 23.1. The maximum atomic E-state index is 12.1. The van der Waals surface area contributed by atoms with Crippen LogP contribution in [0.3, 0.4) is 0 Å². The minimum Gasteiger partial charge on any atom is -0.481 e. The molecule has 0 bridgehead atoms. The molecular formula is C15H28N2O3. The summed E-state index contributed by atoms with van der Waals surface area (Å²) in [5.74, 6) is -0.249. The Morgan fingerprint density at radius 1 is 1.40 bits per heavy atom. The van der Waals surface area contributed by atoms with Gasteiger partial charge >= 0.3 is 5.97 Å². The number of piperidine rings is 1. The first-order valence-electron chi connectivity index (χ1n) is 7.70. The number of nitrogens with one attached hydrogen (secondary N) is 1. The summed E-state index contributed by atoms with van der Waals surface area (Å²) < 4.78 is 0. The summed E-state index contributed by atoms with van der Waals surface area (Å²) in [6.07, 6.45) is 3.99. The van der Waals surface area contributed by atoms with Crippen LogP contribution in [0, 0.1) is 5.92 Å². The number of carboxylic acid groups (broad SMARTS) is 1. The quantitative estimate of drug-likeness (QED) is 0.749. The molecule has 0 radical (unpaired) electrons. The second-order valence-corrected chi connectivity index (χ2v) is 5.93. The first kappa shape index (κ1) is 17.0. The molecule has 20 heavy (non-hydrogen) atoms. The van der Waals surface area contributed by atoms with E-state index in [4.69, 9.17) is 5.11 Å². The Kier molecular flexibility index (Phi) is 6.99. The molecule has 0 aromatic carbocycles. The van der Waals surface area contributed by atoms with Crippen molar-refractivity contribution in [3.8, 4) is 0 Å². The van der Waals surface area contributed by atoms with Crippen LogP contribution in [0.1, 0.15) is 52.9 Å². The van der Waals surface area contributed by atoms with E-state index in [9.17, 15) is 9.59 Å². The van der Waals surface area contributed by atoms with E-state index in [1.54, 1.807) is 0 Å². The summed E-state index contributed by atoms with van der Waals surface area (Å²) in [5, 5.41) is 11.8. The molecule has 116 valence electrons. The summed E-state index contributed by atoms with van der Waals surface area (Å²) in [5.41, 5.74) is 0. The minimum atomic E-state index is -0.732. The van der Waals surface area contributed by atoms with Crippen molar-refractivity contribution in [1.29, 1.82) is 0 Å². The zero-order valence-electron chi connectivity index (χ0n) is 12.9. The third-order valence-electron chi connectivity index (χ3n) is 4.25. The molecule has 1 rings (SSSR count). The molecule has 1 heterocycles. The van der Waals surface area contributed by atoms with Gasteiger partial charge in [0.15, 0.2) is 0 Å². The molecule has 3 atom stereocenters. The van der Waals surface area contributed by atoms with Crippen molar-refractivity contribution < 1.29 is 14.7 Å². The van der Waals surface area contributed by atoms with Crippen molar-refractivity contribution in [2.75, 3.05) is 13.1 Å². The number of aliphatic carboxylic acids is 1. The van der Waals surface area contributed by atoms with E-state index in [0.717, 1.165) is 32.4 Å². The lowest BCUT2D eigenvalue weighted by Gasteiger charge is -2.36. The van der Waals surface area contributed by atoms with Crippen molar-refractivity contribution in [3.05, 3.63) is 0 Å². The number of carbonyl (C=O) groups is 2. The Hall–Kier alpha value is -1.10. The van der Waals surface area contributed by atoms with Gasteiger partial charge in [-0.25, -0.2) is 0 Å². The summed E-state index contributed by atoms with van der Waals surface area (Å²) in [6, 6.07) is 0.0779. The first-order chi connectivity index (χ1) is 9.43. The van der Waals surface area contributed by atoms with Crippen LogP contribution >= 0.6 is 0 Å². The van der Waals surface area contributed by atoms with Gasteiger partial charge in [0.05, 0.1) is 6.04 Å². The number of rotatable bonds is 7. The van der Waals surface area contributed by atoms with E-state index >= 15 is 0 Å². The lowest BCUT2D eigenvalue weighted by atomic mass is 9.92. The van der Waals surface area contributed by atoms with Gasteiger partial charge in [-0.15, -0.1) is 0 Å². The molecule has 0 aromatic rings. The second-order valence-electron chi connectivity index (χ2n) is 5.93. The zero-order chi connectivity index (χ0) is 15.1. The number of carboxylic acids is 1. The van der Waals surface area contributed by atoms with E-state index in [-0.39, 0.29) is 24.4 Å². The average Bonchev–Trinajstić information content (AvgIpc) is 2.44. The molecule has 1 aliphatic rings. The molecule has 1 aliphatic heterocycles. The van der Waals surface area contributed by atoms with Crippen LogP contribution in [0.4, 0.5) is 0 Å². The van der Waals surface area contributed by atoms with Gasteiger partial charge in [0.25, 0.3) is 0 Å². The zero-order valence-corrected chi connectivity index (χ0v) is 12.9. The highest BCUT2D eigenvalue weighted by Gasteiger charge is 2.27. The number of likely N-dealkylation sites (tertiary alicyclic amines) is 1. The molecule has 1 fully saturated rings. The fourth-order valence-electron chi connectivity index (χ4n) is 2.64. The average molecular weight is 284 g/mol. The van der Waals surface area contributed by atoms with E-state index in [2.05, 4.69) is 17.1 Å².